The van der Waals surface area contributed by atoms with Crippen LogP contribution in [0.15, 0.2) is 4.52 Å². The van der Waals surface area contributed by atoms with E-state index >= 15 is 0 Å². The summed E-state index contributed by atoms with van der Waals surface area (Å²) in [6.45, 7) is 2.36. The van der Waals surface area contributed by atoms with Crippen LogP contribution in [0.4, 0.5) is 0 Å². The molecule has 0 unspecified atom stereocenters. The van der Waals surface area contributed by atoms with Crippen molar-refractivity contribution >= 4 is 0 Å². The fraction of sp³-hybridized carbons (Fsp3) is 0.846. The highest BCUT2D eigenvalue weighted by Gasteiger charge is 2.31. The summed E-state index contributed by atoms with van der Waals surface area (Å²) in [6, 6.07) is 0.349. The largest absolute Gasteiger partial charge is 0.381 e. The molecule has 1 aromatic heterocycles. The van der Waals surface area contributed by atoms with Gasteiger partial charge in [0, 0.05) is 32.2 Å². The summed E-state index contributed by atoms with van der Waals surface area (Å²) >= 11 is 0. The van der Waals surface area contributed by atoms with Crippen molar-refractivity contribution in [3.05, 3.63) is 11.7 Å². The lowest BCUT2D eigenvalue weighted by molar-refractivity contribution is 0.00910. The predicted octanol–water partition coefficient (Wildman–Crippen LogP) is 0.885. The zero-order valence-corrected chi connectivity index (χ0v) is 11.4. The Kier molecular flexibility index (Phi) is 3.81. The van der Waals surface area contributed by atoms with Crippen molar-refractivity contribution in [2.45, 2.75) is 50.3 Å². The minimum atomic E-state index is 0.331. The molecule has 0 amide bonds. The van der Waals surface area contributed by atoms with Crippen LogP contribution in [-0.2, 0) is 11.3 Å². The van der Waals surface area contributed by atoms with Crippen molar-refractivity contribution in [1.82, 2.24) is 15.0 Å². The highest BCUT2D eigenvalue weighted by Crippen LogP contribution is 2.38. The molecule has 1 saturated carbocycles. The second-order valence-electron chi connectivity index (χ2n) is 5.57. The lowest BCUT2D eigenvalue weighted by atomic mass is 9.99. The van der Waals surface area contributed by atoms with E-state index in [1.165, 1.54) is 12.8 Å². The van der Waals surface area contributed by atoms with Crippen molar-refractivity contribution in [3.8, 4) is 0 Å². The summed E-state index contributed by atoms with van der Waals surface area (Å²) in [7, 11) is 1.77. The Balaban J connectivity index is 1.60. The van der Waals surface area contributed by atoms with E-state index in [1.54, 1.807) is 7.11 Å². The fourth-order valence-corrected chi connectivity index (χ4v) is 2.74. The Labute approximate surface area is 113 Å². The van der Waals surface area contributed by atoms with Crippen molar-refractivity contribution < 1.29 is 9.26 Å². The van der Waals surface area contributed by atoms with Crippen LogP contribution in [0, 0.1) is 0 Å². The maximum absolute atomic E-state index is 5.87. The van der Waals surface area contributed by atoms with Gasteiger partial charge < -0.3 is 15.0 Å². The van der Waals surface area contributed by atoms with Gasteiger partial charge in [-0.1, -0.05) is 5.16 Å². The topological polar surface area (TPSA) is 77.4 Å². The molecule has 1 aliphatic heterocycles. The van der Waals surface area contributed by atoms with E-state index in [0.717, 1.165) is 37.6 Å². The van der Waals surface area contributed by atoms with E-state index in [0.29, 0.717) is 24.6 Å². The molecule has 0 aromatic carbocycles. The van der Waals surface area contributed by atoms with Gasteiger partial charge in [-0.05, 0) is 25.7 Å². The fourth-order valence-electron chi connectivity index (χ4n) is 2.74. The van der Waals surface area contributed by atoms with Crippen molar-refractivity contribution in [3.63, 3.8) is 0 Å². The zero-order chi connectivity index (χ0) is 13.2. The molecule has 2 aliphatic rings. The summed E-state index contributed by atoms with van der Waals surface area (Å²) in [5, 5.41) is 4.08. The predicted molar refractivity (Wildman–Crippen MR) is 69.6 cm³/mol. The standard InChI is InChI=1S/C13H22N4O2/c1-18-11-4-5-17(10(6-11)7-14)8-12-15-13(19-16-12)9-2-3-9/h9-11H,2-8,14H2,1H3/t10-,11+/m1/s1. The Morgan fingerprint density at radius 3 is 2.95 bits per heavy atom. The van der Waals surface area contributed by atoms with Gasteiger partial charge in [0.05, 0.1) is 12.6 Å². The number of nitrogens with two attached hydrogens (primary N) is 1. The summed E-state index contributed by atoms with van der Waals surface area (Å²) in [5.74, 6) is 2.12. The lowest BCUT2D eigenvalue weighted by Gasteiger charge is -2.37. The second-order valence-corrected chi connectivity index (χ2v) is 5.57. The molecule has 0 bridgehead atoms. The number of likely N-dealkylation sites (tertiary alicyclic amines) is 1. The van der Waals surface area contributed by atoms with E-state index in [4.69, 9.17) is 15.0 Å². The number of hydrogen-bond donors (Lipinski definition) is 1. The van der Waals surface area contributed by atoms with Gasteiger partial charge in [-0.3, -0.25) is 4.90 Å². The Morgan fingerprint density at radius 1 is 1.42 bits per heavy atom. The number of hydrogen-bond acceptors (Lipinski definition) is 6. The van der Waals surface area contributed by atoms with Gasteiger partial charge in [0.25, 0.3) is 0 Å². The summed E-state index contributed by atoms with van der Waals surface area (Å²) < 4.78 is 10.7. The van der Waals surface area contributed by atoms with Crippen molar-refractivity contribution in [2.24, 2.45) is 5.73 Å². The monoisotopic (exact) mass is 266 g/mol. The third kappa shape index (κ3) is 2.96. The maximum Gasteiger partial charge on any atom is 0.229 e. The summed E-state index contributed by atoms with van der Waals surface area (Å²) in [5.41, 5.74) is 5.87. The van der Waals surface area contributed by atoms with E-state index in [1.807, 2.05) is 0 Å². The van der Waals surface area contributed by atoms with Crippen molar-refractivity contribution in [1.29, 1.82) is 0 Å². The highest BCUT2D eigenvalue weighted by atomic mass is 16.5. The van der Waals surface area contributed by atoms with Gasteiger partial charge in [-0.25, -0.2) is 0 Å². The lowest BCUT2D eigenvalue weighted by Crippen LogP contribution is -2.48. The van der Waals surface area contributed by atoms with Crippen molar-refractivity contribution in [2.75, 3.05) is 20.2 Å². The van der Waals surface area contributed by atoms with Crippen LogP contribution >= 0.6 is 0 Å². The first-order chi connectivity index (χ1) is 9.30. The van der Waals surface area contributed by atoms with Crippen LogP contribution in [0.5, 0.6) is 0 Å². The van der Waals surface area contributed by atoms with Crippen LogP contribution in [-0.4, -0.2) is 47.4 Å². The molecule has 106 valence electrons. The number of nitrogens with zero attached hydrogens (tertiary/aromatic N) is 3. The van der Waals surface area contributed by atoms with Gasteiger partial charge in [0.15, 0.2) is 5.82 Å². The Morgan fingerprint density at radius 2 is 2.26 bits per heavy atom. The van der Waals surface area contributed by atoms with E-state index in [2.05, 4.69) is 15.0 Å². The van der Waals surface area contributed by atoms with Gasteiger partial charge in [-0.2, -0.15) is 4.98 Å². The van der Waals surface area contributed by atoms with Crippen LogP contribution in [0.3, 0.4) is 0 Å². The first-order valence-electron chi connectivity index (χ1n) is 7.09. The van der Waals surface area contributed by atoms with Gasteiger partial charge in [0.2, 0.25) is 5.89 Å². The summed E-state index contributed by atoms with van der Waals surface area (Å²) in [6.07, 6.45) is 4.73. The molecule has 3 rings (SSSR count). The van der Waals surface area contributed by atoms with E-state index in [9.17, 15) is 0 Å². The average Bonchev–Trinajstić information content (AvgIpc) is 3.20. The smallest absolute Gasteiger partial charge is 0.229 e. The molecule has 2 heterocycles. The molecule has 1 aliphatic carbocycles. The van der Waals surface area contributed by atoms with Gasteiger partial charge >= 0.3 is 0 Å². The molecule has 0 spiro atoms. The second kappa shape index (κ2) is 5.56. The molecular weight excluding hydrogens is 244 g/mol. The van der Waals surface area contributed by atoms with Crippen LogP contribution in [0.25, 0.3) is 0 Å². The first kappa shape index (κ1) is 13.0. The molecule has 2 N–H and O–H groups in total. The maximum atomic E-state index is 5.87. The number of aromatic nitrogens is 2. The van der Waals surface area contributed by atoms with Crippen LogP contribution in [0.2, 0.25) is 0 Å². The van der Waals surface area contributed by atoms with Crippen LogP contribution in [0.1, 0.15) is 43.3 Å². The quantitative estimate of drug-likeness (QED) is 0.852. The first-order valence-corrected chi connectivity index (χ1v) is 7.09. The SMILES string of the molecule is CO[C@H]1CCN(Cc2noc(C3CC3)n2)[C@@H](CN)C1. The molecule has 6 nitrogen and oxygen atoms in total. The number of rotatable bonds is 5. The highest BCUT2D eigenvalue weighted by molar-refractivity contribution is 5.02. The average molecular weight is 266 g/mol. The van der Waals surface area contributed by atoms with Gasteiger partial charge in [-0.15, -0.1) is 0 Å². The third-order valence-electron chi connectivity index (χ3n) is 4.15. The third-order valence-corrected chi connectivity index (χ3v) is 4.15. The molecular formula is C13H22N4O2. The molecule has 0 radical (unpaired) electrons. The Hall–Kier alpha value is -0.980. The molecule has 2 fully saturated rings. The minimum Gasteiger partial charge on any atom is -0.381 e. The minimum absolute atomic E-state index is 0.331. The number of methoxy groups -OCH3 is 1. The summed E-state index contributed by atoms with van der Waals surface area (Å²) in [4.78, 5) is 6.83. The van der Waals surface area contributed by atoms with Gasteiger partial charge in [0.1, 0.15) is 0 Å². The van der Waals surface area contributed by atoms with Crippen LogP contribution < -0.4 is 5.73 Å². The normalized spacial score (nSPS) is 28.7. The zero-order valence-electron chi connectivity index (χ0n) is 11.4. The molecule has 1 saturated heterocycles. The van der Waals surface area contributed by atoms with E-state index < -0.39 is 0 Å². The van der Waals surface area contributed by atoms with E-state index in [-0.39, 0.29) is 0 Å². The molecule has 19 heavy (non-hydrogen) atoms. The molecule has 6 heteroatoms. The Bertz CT molecular complexity index is 419. The number of ether oxygens (including phenoxy) is 1. The molecule has 2 atom stereocenters. The molecule has 1 aromatic rings. The number of piperidine rings is 1.